The summed E-state index contributed by atoms with van der Waals surface area (Å²) in [5.74, 6) is 0. The van der Waals surface area contributed by atoms with Gasteiger partial charge >= 0.3 is 0 Å². The smallest absolute Gasteiger partial charge is 0.142 e. The van der Waals surface area contributed by atoms with Crippen molar-refractivity contribution < 1.29 is 9.53 Å². The van der Waals surface area contributed by atoms with Gasteiger partial charge in [0.05, 0.1) is 6.26 Å². The molecule has 0 saturated heterocycles. The van der Waals surface area contributed by atoms with Crippen molar-refractivity contribution in [3.63, 3.8) is 0 Å². The maximum Gasteiger partial charge on any atom is 0.142 e. The zero-order valence-electron chi connectivity index (χ0n) is 5.91. The van der Waals surface area contributed by atoms with Crippen LogP contribution in [0.4, 0.5) is 0 Å². The molecule has 0 radical (unpaired) electrons. The first-order valence-electron chi connectivity index (χ1n) is 3.23. The third-order valence-corrected chi connectivity index (χ3v) is 1.48. The summed E-state index contributed by atoms with van der Waals surface area (Å²) in [5, 5.41) is 0. The lowest BCUT2D eigenvalue weighted by Gasteiger charge is -2.17. The molecule has 2 heteroatoms. The van der Waals surface area contributed by atoms with E-state index in [4.69, 9.17) is 4.74 Å². The lowest BCUT2D eigenvalue weighted by Crippen LogP contribution is -2.18. The molecule has 0 amide bonds. The number of ether oxygens (including phenoxy) is 1. The fourth-order valence-corrected chi connectivity index (χ4v) is 0.884. The molecular weight excluding hydrogens is 128 g/mol. The summed E-state index contributed by atoms with van der Waals surface area (Å²) in [4.78, 5) is 9.94. The zero-order valence-corrected chi connectivity index (χ0v) is 5.91. The van der Waals surface area contributed by atoms with Crippen molar-refractivity contribution in [2.24, 2.45) is 0 Å². The Morgan fingerprint density at radius 3 is 3.00 bits per heavy atom. The number of carbonyl (C=O) groups excluding carboxylic acids is 1. The second-order valence-electron chi connectivity index (χ2n) is 2.50. The Hall–Kier alpha value is -1.05. The highest BCUT2D eigenvalue weighted by Crippen LogP contribution is 2.23. The topological polar surface area (TPSA) is 26.3 Å². The molecule has 1 aliphatic rings. The zero-order chi connectivity index (χ0) is 7.45. The molecule has 0 aromatic rings. The molecule has 0 spiro atoms. The van der Waals surface area contributed by atoms with Gasteiger partial charge in [-0.1, -0.05) is 0 Å². The molecule has 0 bridgehead atoms. The van der Waals surface area contributed by atoms with E-state index >= 15 is 0 Å². The summed E-state index contributed by atoms with van der Waals surface area (Å²) in [6, 6.07) is 0. The van der Waals surface area contributed by atoms with Crippen LogP contribution in [0.3, 0.4) is 0 Å². The molecule has 10 heavy (non-hydrogen) atoms. The van der Waals surface area contributed by atoms with Gasteiger partial charge in [0.15, 0.2) is 0 Å². The largest absolute Gasteiger partial charge is 0.491 e. The number of rotatable bonds is 2. The number of allylic oxidation sites excluding steroid dienone is 1. The minimum atomic E-state index is -0.277. The molecular formula is C8H10O2. The van der Waals surface area contributed by atoms with Gasteiger partial charge in [-0.15, -0.1) is 0 Å². The van der Waals surface area contributed by atoms with Gasteiger partial charge in [0, 0.05) is 6.42 Å². The van der Waals surface area contributed by atoms with Crippen LogP contribution < -0.4 is 0 Å². The van der Waals surface area contributed by atoms with Crippen LogP contribution in [0.5, 0.6) is 0 Å². The molecule has 0 saturated carbocycles. The van der Waals surface area contributed by atoms with Gasteiger partial charge in [-0.05, 0) is 25.2 Å². The summed E-state index contributed by atoms with van der Waals surface area (Å²) >= 11 is 0. The van der Waals surface area contributed by atoms with Crippen LogP contribution in [0.2, 0.25) is 0 Å². The van der Waals surface area contributed by atoms with Crippen molar-refractivity contribution in [2.75, 3.05) is 0 Å². The Morgan fingerprint density at radius 1 is 1.70 bits per heavy atom. The van der Waals surface area contributed by atoms with Crippen LogP contribution in [-0.2, 0) is 9.53 Å². The molecule has 1 atom stereocenters. The second kappa shape index (κ2) is 2.69. The molecule has 0 aliphatic carbocycles. The quantitative estimate of drug-likeness (QED) is 0.426. The van der Waals surface area contributed by atoms with Crippen molar-refractivity contribution in [1.82, 2.24) is 0 Å². The van der Waals surface area contributed by atoms with Crippen molar-refractivity contribution in [2.45, 2.75) is 18.9 Å². The van der Waals surface area contributed by atoms with Gasteiger partial charge in [-0.3, -0.25) is 4.79 Å². The molecule has 2 nitrogen and oxygen atoms in total. The lowest BCUT2D eigenvalue weighted by molar-refractivity contribution is -0.104. The monoisotopic (exact) mass is 138 g/mol. The van der Waals surface area contributed by atoms with Gasteiger partial charge in [0.2, 0.25) is 0 Å². The van der Waals surface area contributed by atoms with Gasteiger partial charge in [-0.2, -0.15) is 0 Å². The predicted octanol–water partition coefficient (Wildman–Crippen LogP) is 1.43. The Kier molecular flexibility index (Phi) is 1.90. The van der Waals surface area contributed by atoms with E-state index in [1.165, 1.54) is 6.08 Å². The van der Waals surface area contributed by atoms with Gasteiger partial charge in [0.1, 0.15) is 11.9 Å². The molecule has 54 valence electrons. The predicted molar refractivity (Wildman–Crippen MR) is 38.5 cm³/mol. The molecule has 0 fully saturated rings. The number of hydrogen-bond acceptors (Lipinski definition) is 2. The number of hydrogen-bond donors (Lipinski definition) is 0. The van der Waals surface area contributed by atoms with E-state index in [0.29, 0.717) is 0 Å². The van der Waals surface area contributed by atoms with Crippen LogP contribution >= 0.6 is 0 Å². The van der Waals surface area contributed by atoms with Crippen LogP contribution in [0.25, 0.3) is 0 Å². The maximum absolute atomic E-state index is 9.94. The van der Waals surface area contributed by atoms with Crippen molar-refractivity contribution in [3.8, 4) is 0 Å². The third-order valence-electron chi connectivity index (χ3n) is 1.48. The van der Waals surface area contributed by atoms with Crippen molar-refractivity contribution in [3.05, 3.63) is 24.5 Å². The first kappa shape index (κ1) is 7.06. The van der Waals surface area contributed by atoms with E-state index in [-0.39, 0.29) is 5.60 Å². The SMILES string of the molecule is CC1(C=CC=O)CC=CO1. The van der Waals surface area contributed by atoms with E-state index in [1.54, 1.807) is 12.3 Å². The molecule has 1 aliphatic heterocycles. The van der Waals surface area contributed by atoms with E-state index in [0.717, 1.165) is 12.7 Å². The van der Waals surface area contributed by atoms with E-state index in [9.17, 15) is 4.79 Å². The van der Waals surface area contributed by atoms with Crippen molar-refractivity contribution in [1.29, 1.82) is 0 Å². The van der Waals surface area contributed by atoms with Gasteiger partial charge in [-0.25, -0.2) is 0 Å². The van der Waals surface area contributed by atoms with Crippen molar-refractivity contribution >= 4 is 6.29 Å². The molecule has 0 aromatic heterocycles. The first-order valence-corrected chi connectivity index (χ1v) is 3.23. The fourth-order valence-electron chi connectivity index (χ4n) is 0.884. The third kappa shape index (κ3) is 1.47. The second-order valence-corrected chi connectivity index (χ2v) is 2.50. The first-order chi connectivity index (χ1) is 4.77. The lowest BCUT2D eigenvalue weighted by atomic mass is 10.0. The average molecular weight is 138 g/mol. The summed E-state index contributed by atoms with van der Waals surface area (Å²) < 4.78 is 5.22. The minimum absolute atomic E-state index is 0.277. The molecule has 1 unspecified atom stereocenters. The Balaban J connectivity index is 2.53. The number of carbonyl (C=O) groups is 1. The fraction of sp³-hybridized carbons (Fsp3) is 0.375. The standard InChI is InChI=1S/C8H10O2/c1-8(4-2-6-9)5-3-7-10-8/h2-4,6-7H,5H2,1H3. The summed E-state index contributed by atoms with van der Waals surface area (Å²) in [6.45, 7) is 1.94. The number of aldehydes is 1. The van der Waals surface area contributed by atoms with E-state index in [2.05, 4.69) is 0 Å². The maximum atomic E-state index is 9.94. The van der Waals surface area contributed by atoms with Crippen LogP contribution in [0.1, 0.15) is 13.3 Å². The van der Waals surface area contributed by atoms with Gasteiger partial charge in [0.25, 0.3) is 0 Å². The van der Waals surface area contributed by atoms with E-state index < -0.39 is 0 Å². The molecule has 0 N–H and O–H groups in total. The van der Waals surface area contributed by atoms with Gasteiger partial charge < -0.3 is 4.74 Å². The molecule has 1 rings (SSSR count). The Bertz CT molecular complexity index is 172. The molecule has 1 heterocycles. The summed E-state index contributed by atoms with van der Waals surface area (Å²) in [6.07, 6.45) is 8.43. The Labute approximate surface area is 60.2 Å². The van der Waals surface area contributed by atoms with Crippen LogP contribution in [0, 0.1) is 0 Å². The summed E-state index contributed by atoms with van der Waals surface area (Å²) in [5.41, 5.74) is -0.277. The van der Waals surface area contributed by atoms with Crippen LogP contribution in [-0.4, -0.2) is 11.9 Å². The highest BCUT2D eigenvalue weighted by atomic mass is 16.5. The normalized spacial score (nSPS) is 30.9. The highest BCUT2D eigenvalue weighted by Gasteiger charge is 2.22. The Morgan fingerprint density at radius 2 is 2.50 bits per heavy atom. The minimum Gasteiger partial charge on any atom is -0.491 e. The average Bonchev–Trinajstić information content (AvgIpc) is 2.33. The highest BCUT2D eigenvalue weighted by molar-refractivity contribution is 5.65. The van der Waals surface area contributed by atoms with Crippen LogP contribution in [0.15, 0.2) is 24.5 Å². The van der Waals surface area contributed by atoms with E-state index in [1.807, 2.05) is 13.0 Å². The summed E-state index contributed by atoms with van der Waals surface area (Å²) in [7, 11) is 0. The molecule has 0 aromatic carbocycles.